The van der Waals surface area contributed by atoms with Gasteiger partial charge in [-0.05, 0) is 55.8 Å². The SMILES string of the molecule is CC1=C(C(=O)Nc2ccccc2)[C@@H](c2ccc(Cl)cc2)n2c(s/c(=C\c3ccc(C)o3)c2=O)=N1. The summed E-state index contributed by atoms with van der Waals surface area (Å²) in [6.07, 6.45) is 1.71. The summed E-state index contributed by atoms with van der Waals surface area (Å²) in [5.41, 5.74) is 2.14. The molecule has 4 aromatic rings. The number of carbonyl (C=O) groups is 1. The van der Waals surface area contributed by atoms with Gasteiger partial charge in [-0.1, -0.05) is 53.3 Å². The monoisotopic (exact) mass is 489 g/mol. The van der Waals surface area contributed by atoms with Crippen molar-refractivity contribution >= 4 is 40.6 Å². The largest absolute Gasteiger partial charge is 0.462 e. The Morgan fingerprint density at radius 1 is 1.09 bits per heavy atom. The summed E-state index contributed by atoms with van der Waals surface area (Å²) >= 11 is 7.39. The number of rotatable bonds is 4. The Bertz CT molecular complexity index is 1600. The summed E-state index contributed by atoms with van der Waals surface area (Å²) in [5.74, 6) is 1.03. The van der Waals surface area contributed by atoms with Crippen molar-refractivity contribution in [2.75, 3.05) is 5.32 Å². The second-order valence-corrected chi connectivity index (χ2v) is 9.35. The molecular weight excluding hydrogens is 470 g/mol. The zero-order valence-corrected chi connectivity index (χ0v) is 20.0. The fraction of sp³-hybridized carbons (Fsp3) is 0.115. The molecule has 1 N–H and O–H groups in total. The molecule has 0 unspecified atom stereocenters. The van der Waals surface area contributed by atoms with Crippen LogP contribution in [0.5, 0.6) is 0 Å². The van der Waals surface area contributed by atoms with Gasteiger partial charge >= 0.3 is 0 Å². The van der Waals surface area contributed by atoms with Crippen LogP contribution in [0.2, 0.25) is 5.02 Å². The van der Waals surface area contributed by atoms with Crippen molar-refractivity contribution in [2.24, 2.45) is 4.99 Å². The average molecular weight is 490 g/mol. The highest BCUT2D eigenvalue weighted by atomic mass is 35.5. The predicted octanol–water partition coefficient (Wildman–Crippen LogP) is 4.43. The molecule has 2 aromatic carbocycles. The Labute approximate surface area is 204 Å². The van der Waals surface area contributed by atoms with E-state index in [4.69, 9.17) is 16.0 Å². The Balaban J connectivity index is 1.68. The van der Waals surface area contributed by atoms with E-state index in [2.05, 4.69) is 10.3 Å². The van der Waals surface area contributed by atoms with Crippen LogP contribution in [-0.4, -0.2) is 10.5 Å². The fourth-order valence-corrected chi connectivity index (χ4v) is 5.11. The molecule has 0 radical (unpaired) electrons. The number of hydrogen-bond donors (Lipinski definition) is 1. The van der Waals surface area contributed by atoms with E-state index in [0.717, 1.165) is 11.3 Å². The van der Waals surface area contributed by atoms with E-state index in [9.17, 15) is 9.59 Å². The molecule has 6 nitrogen and oxygen atoms in total. The molecule has 0 saturated carbocycles. The van der Waals surface area contributed by atoms with E-state index in [1.54, 1.807) is 29.7 Å². The quantitative estimate of drug-likeness (QED) is 0.460. The molecule has 0 aliphatic carbocycles. The Morgan fingerprint density at radius 3 is 2.50 bits per heavy atom. The second-order valence-electron chi connectivity index (χ2n) is 7.90. The first-order valence-electron chi connectivity index (χ1n) is 10.6. The molecular formula is C26H20ClN3O3S. The van der Waals surface area contributed by atoms with E-state index in [1.807, 2.05) is 61.5 Å². The number of anilines is 1. The van der Waals surface area contributed by atoms with Crippen molar-refractivity contribution in [3.05, 3.63) is 120 Å². The van der Waals surface area contributed by atoms with Gasteiger partial charge in [0, 0.05) is 16.8 Å². The van der Waals surface area contributed by atoms with E-state index < -0.39 is 6.04 Å². The third-order valence-corrected chi connectivity index (χ3v) is 6.75. The Hall–Kier alpha value is -3.68. The first kappa shape index (κ1) is 22.1. The number of aromatic nitrogens is 1. The van der Waals surface area contributed by atoms with Gasteiger partial charge in [0.1, 0.15) is 11.5 Å². The zero-order valence-electron chi connectivity index (χ0n) is 18.4. The van der Waals surface area contributed by atoms with Crippen molar-refractivity contribution < 1.29 is 9.21 Å². The van der Waals surface area contributed by atoms with Gasteiger partial charge in [0.2, 0.25) is 0 Å². The number of nitrogens with one attached hydrogen (secondary N) is 1. The van der Waals surface area contributed by atoms with Gasteiger partial charge in [0.25, 0.3) is 11.5 Å². The number of furan rings is 1. The number of amides is 1. The summed E-state index contributed by atoms with van der Waals surface area (Å²) < 4.78 is 7.68. The molecule has 8 heteroatoms. The standard InChI is InChI=1S/C26H20ClN3O3S/c1-15-8-13-20(33-15)14-21-25(32)30-23(17-9-11-18(27)12-10-17)22(16(2)28-26(30)34-21)24(31)29-19-6-4-3-5-7-19/h3-14,23H,1-2H3,(H,29,31)/b21-14-/t23-/m1/s1. The molecule has 2 aromatic heterocycles. The van der Waals surface area contributed by atoms with Crippen LogP contribution in [0.25, 0.3) is 6.08 Å². The van der Waals surface area contributed by atoms with E-state index in [0.29, 0.717) is 37.1 Å². The summed E-state index contributed by atoms with van der Waals surface area (Å²) in [5, 5.41) is 3.50. The van der Waals surface area contributed by atoms with Crippen LogP contribution in [0.15, 0.2) is 92.2 Å². The molecule has 5 rings (SSSR count). The van der Waals surface area contributed by atoms with Crippen molar-refractivity contribution in [3.8, 4) is 0 Å². The van der Waals surface area contributed by atoms with Gasteiger partial charge < -0.3 is 9.73 Å². The van der Waals surface area contributed by atoms with Crippen molar-refractivity contribution in [3.63, 3.8) is 0 Å². The number of fused-ring (bicyclic) bond motifs is 1. The number of aryl methyl sites for hydroxylation is 1. The summed E-state index contributed by atoms with van der Waals surface area (Å²) in [4.78, 5) is 32.2. The Morgan fingerprint density at radius 2 is 1.82 bits per heavy atom. The minimum atomic E-state index is -0.655. The zero-order chi connectivity index (χ0) is 23.8. The van der Waals surface area contributed by atoms with Crippen LogP contribution >= 0.6 is 22.9 Å². The maximum absolute atomic E-state index is 13.6. The number of para-hydroxylation sites is 1. The highest BCUT2D eigenvalue weighted by molar-refractivity contribution is 7.07. The van der Waals surface area contributed by atoms with Crippen LogP contribution in [0.4, 0.5) is 5.69 Å². The number of benzene rings is 2. The van der Waals surface area contributed by atoms with E-state index >= 15 is 0 Å². The number of allylic oxidation sites excluding steroid dienone is 1. The maximum Gasteiger partial charge on any atom is 0.271 e. The molecule has 1 atom stereocenters. The minimum absolute atomic E-state index is 0.240. The highest BCUT2D eigenvalue weighted by Gasteiger charge is 2.32. The third kappa shape index (κ3) is 4.16. The smallest absolute Gasteiger partial charge is 0.271 e. The number of nitrogens with zero attached hydrogens (tertiary/aromatic N) is 2. The predicted molar refractivity (Wildman–Crippen MR) is 134 cm³/mol. The second kappa shape index (κ2) is 8.93. The number of hydrogen-bond acceptors (Lipinski definition) is 5. The molecule has 1 aliphatic rings. The summed E-state index contributed by atoms with van der Waals surface area (Å²) in [7, 11) is 0. The lowest BCUT2D eigenvalue weighted by Gasteiger charge is -2.25. The minimum Gasteiger partial charge on any atom is -0.462 e. The number of carbonyl (C=O) groups excluding carboxylic acids is 1. The van der Waals surface area contributed by atoms with Crippen LogP contribution in [0.1, 0.15) is 30.0 Å². The van der Waals surface area contributed by atoms with Gasteiger partial charge in [-0.3, -0.25) is 14.2 Å². The topological polar surface area (TPSA) is 76.6 Å². The highest BCUT2D eigenvalue weighted by Crippen LogP contribution is 2.31. The van der Waals surface area contributed by atoms with Crippen molar-refractivity contribution in [1.82, 2.24) is 4.57 Å². The fourth-order valence-electron chi connectivity index (χ4n) is 3.95. The average Bonchev–Trinajstić information content (AvgIpc) is 3.36. The van der Waals surface area contributed by atoms with Gasteiger partial charge in [-0.25, -0.2) is 4.99 Å². The lowest BCUT2D eigenvalue weighted by atomic mass is 9.95. The molecule has 0 saturated heterocycles. The van der Waals surface area contributed by atoms with Gasteiger partial charge in [0.15, 0.2) is 4.80 Å². The molecule has 34 heavy (non-hydrogen) atoms. The third-order valence-electron chi connectivity index (χ3n) is 5.52. The van der Waals surface area contributed by atoms with Crippen LogP contribution < -0.4 is 20.2 Å². The maximum atomic E-state index is 13.6. The normalized spacial score (nSPS) is 15.7. The first-order valence-corrected chi connectivity index (χ1v) is 11.8. The number of halogens is 1. The summed E-state index contributed by atoms with van der Waals surface area (Å²) in [6, 6.07) is 19.3. The van der Waals surface area contributed by atoms with Gasteiger partial charge in [-0.2, -0.15) is 0 Å². The van der Waals surface area contributed by atoms with Crippen LogP contribution in [-0.2, 0) is 4.79 Å². The van der Waals surface area contributed by atoms with Crippen LogP contribution in [0.3, 0.4) is 0 Å². The Kier molecular flexibility index (Phi) is 5.81. The summed E-state index contributed by atoms with van der Waals surface area (Å²) in [6.45, 7) is 3.64. The van der Waals surface area contributed by atoms with E-state index in [-0.39, 0.29) is 11.5 Å². The van der Waals surface area contributed by atoms with Crippen molar-refractivity contribution in [2.45, 2.75) is 19.9 Å². The van der Waals surface area contributed by atoms with E-state index in [1.165, 1.54) is 11.3 Å². The molecule has 170 valence electrons. The van der Waals surface area contributed by atoms with Crippen molar-refractivity contribution in [1.29, 1.82) is 0 Å². The van der Waals surface area contributed by atoms with Gasteiger partial charge in [0.05, 0.1) is 21.8 Å². The molecule has 3 heterocycles. The molecule has 1 aliphatic heterocycles. The molecule has 1 amide bonds. The molecule has 0 spiro atoms. The first-order chi connectivity index (χ1) is 16.4. The lowest BCUT2D eigenvalue weighted by Crippen LogP contribution is -2.40. The van der Waals surface area contributed by atoms with Crippen LogP contribution in [0, 0.1) is 6.92 Å². The lowest BCUT2D eigenvalue weighted by molar-refractivity contribution is -0.113. The van der Waals surface area contributed by atoms with Gasteiger partial charge in [-0.15, -0.1) is 0 Å². The number of thiazole rings is 1. The molecule has 0 fully saturated rings. The molecule has 0 bridgehead atoms.